The Labute approximate surface area is 116 Å². The zero-order chi connectivity index (χ0) is 13.6. The monoisotopic (exact) mass is 263 g/mol. The number of hydrogen-bond acceptors (Lipinski definition) is 3. The summed E-state index contributed by atoms with van der Waals surface area (Å²) in [6.07, 6.45) is 3.37. The van der Waals surface area contributed by atoms with Crippen molar-refractivity contribution in [2.45, 2.75) is 45.2 Å². The Balaban J connectivity index is 1.82. The fourth-order valence-corrected chi connectivity index (χ4v) is 2.31. The Morgan fingerprint density at radius 3 is 2.74 bits per heavy atom. The average Bonchev–Trinajstić information content (AvgIpc) is 2.45. The van der Waals surface area contributed by atoms with Gasteiger partial charge in [0.2, 0.25) is 0 Å². The summed E-state index contributed by atoms with van der Waals surface area (Å²) in [5.74, 6) is 0.956. The van der Waals surface area contributed by atoms with E-state index < -0.39 is 0 Å². The predicted molar refractivity (Wildman–Crippen MR) is 77.5 cm³/mol. The van der Waals surface area contributed by atoms with Gasteiger partial charge in [-0.15, -0.1) is 0 Å². The summed E-state index contributed by atoms with van der Waals surface area (Å²) in [6.45, 7) is 7.74. The topological polar surface area (TPSA) is 30.5 Å². The van der Waals surface area contributed by atoms with Gasteiger partial charge in [-0.05, 0) is 43.9 Å². The van der Waals surface area contributed by atoms with Crippen molar-refractivity contribution in [1.82, 2.24) is 5.32 Å². The van der Waals surface area contributed by atoms with E-state index in [4.69, 9.17) is 9.47 Å². The number of nitrogens with one attached hydrogen (secondary N) is 1. The maximum Gasteiger partial charge on any atom is 0.119 e. The van der Waals surface area contributed by atoms with Crippen molar-refractivity contribution < 1.29 is 9.47 Å². The zero-order valence-corrected chi connectivity index (χ0v) is 12.1. The molecule has 1 unspecified atom stereocenters. The maximum absolute atomic E-state index is 5.58. The molecule has 3 nitrogen and oxygen atoms in total. The second-order valence-electron chi connectivity index (χ2n) is 5.56. The van der Waals surface area contributed by atoms with E-state index in [0.29, 0.717) is 0 Å². The molecule has 3 heteroatoms. The first-order valence-electron chi connectivity index (χ1n) is 7.26. The Morgan fingerprint density at radius 1 is 1.32 bits per heavy atom. The number of benzene rings is 1. The van der Waals surface area contributed by atoms with Crippen LogP contribution in [0.3, 0.4) is 0 Å². The van der Waals surface area contributed by atoms with Crippen molar-refractivity contribution >= 4 is 0 Å². The van der Waals surface area contributed by atoms with Crippen molar-refractivity contribution in [2.75, 3.05) is 19.8 Å². The minimum Gasteiger partial charge on any atom is -0.494 e. The summed E-state index contributed by atoms with van der Waals surface area (Å²) in [5, 5.41) is 3.61. The molecule has 1 aliphatic heterocycles. The molecular weight excluding hydrogens is 238 g/mol. The molecule has 1 aromatic rings. The van der Waals surface area contributed by atoms with Gasteiger partial charge in [0.25, 0.3) is 0 Å². The van der Waals surface area contributed by atoms with Gasteiger partial charge >= 0.3 is 0 Å². The highest BCUT2D eigenvalue weighted by Gasteiger charge is 2.26. The quantitative estimate of drug-likeness (QED) is 0.855. The third-order valence-electron chi connectivity index (χ3n) is 3.55. The largest absolute Gasteiger partial charge is 0.494 e. The molecule has 1 aliphatic rings. The van der Waals surface area contributed by atoms with Gasteiger partial charge in [-0.1, -0.05) is 19.1 Å². The molecule has 0 saturated carbocycles. The van der Waals surface area contributed by atoms with Crippen molar-refractivity contribution in [3.8, 4) is 5.75 Å². The van der Waals surface area contributed by atoms with Gasteiger partial charge in [-0.3, -0.25) is 0 Å². The lowest BCUT2D eigenvalue weighted by atomic mass is 9.94. The van der Waals surface area contributed by atoms with Gasteiger partial charge in [-0.2, -0.15) is 0 Å². The fourth-order valence-electron chi connectivity index (χ4n) is 2.31. The molecule has 0 aliphatic carbocycles. The van der Waals surface area contributed by atoms with Gasteiger partial charge in [0.15, 0.2) is 0 Å². The van der Waals surface area contributed by atoms with Crippen molar-refractivity contribution in [2.24, 2.45) is 0 Å². The Kier molecular flexibility index (Phi) is 5.23. The van der Waals surface area contributed by atoms with E-state index in [2.05, 4.69) is 31.3 Å². The van der Waals surface area contributed by atoms with E-state index in [0.717, 1.165) is 45.0 Å². The molecule has 0 spiro atoms. The van der Waals surface area contributed by atoms with Gasteiger partial charge < -0.3 is 14.8 Å². The molecular formula is C16H25NO2. The smallest absolute Gasteiger partial charge is 0.119 e. The van der Waals surface area contributed by atoms with Crippen LogP contribution >= 0.6 is 0 Å². The molecule has 1 saturated heterocycles. The van der Waals surface area contributed by atoms with Gasteiger partial charge in [0, 0.05) is 18.7 Å². The molecule has 1 heterocycles. The lowest BCUT2D eigenvalue weighted by molar-refractivity contribution is 0.0278. The third kappa shape index (κ3) is 4.51. The van der Waals surface area contributed by atoms with Crippen molar-refractivity contribution in [1.29, 1.82) is 0 Å². The minimum absolute atomic E-state index is 0.121. The maximum atomic E-state index is 5.58. The van der Waals surface area contributed by atoms with E-state index in [1.54, 1.807) is 0 Å². The lowest BCUT2D eigenvalue weighted by Crippen LogP contribution is -2.48. The number of hydrogen-bond donors (Lipinski definition) is 1. The normalized spacial score (nSPS) is 23.3. The molecule has 1 fully saturated rings. The Bertz CT molecular complexity index is 369. The molecule has 1 aromatic carbocycles. The molecule has 19 heavy (non-hydrogen) atoms. The van der Waals surface area contributed by atoms with Gasteiger partial charge in [0.05, 0.1) is 13.2 Å². The summed E-state index contributed by atoms with van der Waals surface area (Å²) in [6, 6.07) is 8.36. The van der Waals surface area contributed by atoms with Crippen molar-refractivity contribution in [3.63, 3.8) is 0 Å². The number of rotatable bonds is 6. The average molecular weight is 263 g/mol. The van der Waals surface area contributed by atoms with Crippen LogP contribution in [0, 0.1) is 0 Å². The van der Waals surface area contributed by atoms with Crippen LogP contribution in [0.5, 0.6) is 5.75 Å². The molecule has 0 aromatic heterocycles. The molecule has 1 N–H and O–H groups in total. The standard InChI is InChI=1S/C16H25NO2/c1-3-10-19-15-7-5-14(6-8-15)12-17-16(2)9-4-11-18-13-16/h5-8,17H,3-4,9-13H2,1-2H3. The van der Waals surface area contributed by atoms with E-state index in [-0.39, 0.29) is 5.54 Å². The van der Waals surface area contributed by atoms with Crippen LogP contribution in [0.4, 0.5) is 0 Å². The summed E-state index contributed by atoms with van der Waals surface area (Å²) in [5.41, 5.74) is 1.41. The van der Waals surface area contributed by atoms with Gasteiger partial charge in [-0.25, -0.2) is 0 Å². The van der Waals surface area contributed by atoms with Crippen LogP contribution in [0.25, 0.3) is 0 Å². The van der Waals surface area contributed by atoms with E-state index >= 15 is 0 Å². The first kappa shape index (κ1) is 14.4. The molecule has 0 radical (unpaired) electrons. The van der Waals surface area contributed by atoms with Crippen molar-refractivity contribution in [3.05, 3.63) is 29.8 Å². The third-order valence-corrected chi connectivity index (χ3v) is 3.55. The SMILES string of the molecule is CCCOc1ccc(CNC2(C)CCCOC2)cc1. The molecule has 2 rings (SSSR count). The predicted octanol–water partition coefficient (Wildman–Crippen LogP) is 3.13. The second kappa shape index (κ2) is 6.92. The second-order valence-corrected chi connectivity index (χ2v) is 5.56. The number of ether oxygens (including phenoxy) is 2. The van der Waals surface area contributed by atoms with E-state index in [9.17, 15) is 0 Å². The highest BCUT2D eigenvalue weighted by atomic mass is 16.5. The Morgan fingerprint density at radius 2 is 2.11 bits per heavy atom. The first-order chi connectivity index (χ1) is 9.22. The van der Waals surface area contributed by atoms with Gasteiger partial charge in [0.1, 0.15) is 5.75 Å². The fraction of sp³-hybridized carbons (Fsp3) is 0.625. The summed E-state index contributed by atoms with van der Waals surface area (Å²) in [4.78, 5) is 0. The van der Waals surface area contributed by atoms with E-state index in [1.165, 1.54) is 12.0 Å². The minimum atomic E-state index is 0.121. The molecule has 1 atom stereocenters. The van der Waals surface area contributed by atoms with Crippen LogP contribution in [0.2, 0.25) is 0 Å². The van der Waals surface area contributed by atoms with Crippen LogP contribution in [0.1, 0.15) is 38.7 Å². The van der Waals surface area contributed by atoms with Crippen LogP contribution in [0.15, 0.2) is 24.3 Å². The molecule has 0 amide bonds. The first-order valence-corrected chi connectivity index (χ1v) is 7.26. The zero-order valence-electron chi connectivity index (χ0n) is 12.1. The summed E-state index contributed by atoms with van der Waals surface area (Å²) >= 11 is 0. The van der Waals surface area contributed by atoms with Crippen LogP contribution in [-0.4, -0.2) is 25.4 Å². The van der Waals surface area contributed by atoms with Crippen LogP contribution < -0.4 is 10.1 Å². The van der Waals surface area contributed by atoms with Crippen LogP contribution in [-0.2, 0) is 11.3 Å². The van der Waals surface area contributed by atoms with E-state index in [1.807, 2.05) is 12.1 Å². The molecule has 0 bridgehead atoms. The Hall–Kier alpha value is -1.06. The summed E-state index contributed by atoms with van der Waals surface area (Å²) in [7, 11) is 0. The summed E-state index contributed by atoms with van der Waals surface area (Å²) < 4.78 is 11.1. The molecule has 106 valence electrons. The lowest BCUT2D eigenvalue weighted by Gasteiger charge is -2.34. The highest BCUT2D eigenvalue weighted by molar-refractivity contribution is 5.27. The highest BCUT2D eigenvalue weighted by Crippen LogP contribution is 2.19.